The Morgan fingerprint density at radius 1 is 1.35 bits per heavy atom. The van der Waals surface area contributed by atoms with Gasteiger partial charge in [0, 0.05) is 32.6 Å². The van der Waals surface area contributed by atoms with Crippen molar-refractivity contribution in [3.63, 3.8) is 0 Å². The summed E-state index contributed by atoms with van der Waals surface area (Å²) in [7, 11) is 1.52. The molecule has 1 rings (SSSR count). The van der Waals surface area contributed by atoms with Gasteiger partial charge in [-0.25, -0.2) is 4.98 Å². The summed E-state index contributed by atoms with van der Waals surface area (Å²) in [4.78, 5) is 15.0. The molecule has 0 bridgehead atoms. The van der Waals surface area contributed by atoms with Crippen LogP contribution in [0.3, 0.4) is 0 Å². The predicted molar refractivity (Wildman–Crippen MR) is 65.6 cm³/mol. The predicted octanol–water partition coefficient (Wildman–Crippen LogP) is 1.21. The fourth-order valence-electron chi connectivity index (χ4n) is 1.60. The van der Waals surface area contributed by atoms with Crippen molar-refractivity contribution in [3.05, 3.63) is 18.7 Å². The van der Waals surface area contributed by atoms with Crippen LogP contribution in [0.5, 0.6) is 0 Å². The highest BCUT2D eigenvalue weighted by molar-refractivity contribution is 5.77. The van der Waals surface area contributed by atoms with Crippen LogP contribution in [0.4, 0.5) is 0 Å². The van der Waals surface area contributed by atoms with Crippen molar-refractivity contribution in [2.24, 2.45) is 0 Å². The SMILES string of the molecule is COCC(=O)NCCCCCCn1ccnc1. The average Bonchev–Trinajstić information content (AvgIpc) is 2.81. The quantitative estimate of drug-likeness (QED) is 0.659. The van der Waals surface area contributed by atoms with Crippen LogP contribution >= 0.6 is 0 Å². The molecule has 0 saturated heterocycles. The number of carbonyl (C=O) groups excluding carboxylic acids is 1. The zero-order valence-corrected chi connectivity index (χ0v) is 10.4. The average molecular weight is 239 g/mol. The van der Waals surface area contributed by atoms with Gasteiger partial charge in [0.25, 0.3) is 0 Å². The van der Waals surface area contributed by atoms with Gasteiger partial charge < -0.3 is 14.6 Å². The lowest BCUT2D eigenvalue weighted by atomic mass is 10.2. The molecule has 1 aromatic heterocycles. The Balaban J connectivity index is 1.86. The van der Waals surface area contributed by atoms with E-state index in [4.69, 9.17) is 4.74 Å². The third-order valence-electron chi connectivity index (χ3n) is 2.50. The minimum absolute atomic E-state index is 0.0362. The van der Waals surface area contributed by atoms with Gasteiger partial charge in [0.15, 0.2) is 0 Å². The van der Waals surface area contributed by atoms with E-state index >= 15 is 0 Å². The van der Waals surface area contributed by atoms with E-state index in [0.717, 1.165) is 32.4 Å². The first-order valence-electron chi connectivity index (χ1n) is 6.04. The number of aryl methyl sites for hydroxylation is 1. The first-order chi connectivity index (χ1) is 8.33. The monoisotopic (exact) mass is 239 g/mol. The summed E-state index contributed by atoms with van der Waals surface area (Å²) >= 11 is 0. The molecular weight excluding hydrogens is 218 g/mol. The van der Waals surface area contributed by atoms with E-state index in [1.807, 2.05) is 12.5 Å². The molecule has 0 saturated carbocycles. The maximum absolute atomic E-state index is 11.0. The number of imidazole rings is 1. The van der Waals surface area contributed by atoms with Crippen molar-refractivity contribution in [1.82, 2.24) is 14.9 Å². The Bertz CT molecular complexity index is 299. The smallest absolute Gasteiger partial charge is 0.245 e. The molecule has 0 aliphatic carbocycles. The zero-order chi connectivity index (χ0) is 12.3. The number of rotatable bonds is 9. The van der Waals surface area contributed by atoms with Crippen LogP contribution in [0.1, 0.15) is 25.7 Å². The van der Waals surface area contributed by atoms with Crippen molar-refractivity contribution in [2.75, 3.05) is 20.3 Å². The number of ether oxygens (including phenoxy) is 1. The standard InChI is InChI=1S/C12H21N3O2/c1-17-10-12(16)14-6-4-2-3-5-8-15-9-7-13-11-15/h7,9,11H,2-6,8,10H2,1H3,(H,14,16). The molecule has 1 aromatic rings. The Labute approximate surface area is 102 Å². The van der Waals surface area contributed by atoms with Crippen molar-refractivity contribution < 1.29 is 9.53 Å². The summed E-state index contributed by atoms with van der Waals surface area (Å²) in [6, 6.07) is 0. The first kappa shape index (κ1) is 13.7. The molecule has 0 aliphatic heterocycles. The number of amides is 1. The first-order valence-corrected chi connectivity index (χ1v) is 6.04. The largest absolute Gasteiger partial charge is 0.375 e. The van der Waals surface area contributed by atoms with Gasteiger partial charge in [-0.05, 0) is 12.8 Å². The lowest BCUT2D eigenvalue weighted by Crippen LogP contribution is -2.27. The van der Waals surface area contributed by atoms with E-state index in [1.54, 1.807) is 6.20 Å². The van der Waals surface area contributed by atoms with E-state index < -0.39 is 0 Å². The van der Waals surface area contributed by atoms with Gasteiger partial charge in [0.2, 0.25) is 5.91 Å². The number of methoxy groups -OCH3 is 1. The van der Waals surface area contributed by atoms with E-state index in [9.17, 15) is 4.79 Å². The molecule has 0 unspecified atom stereocenters. The summed E-state index contributed by atoms with van der Waals surface area (Å²) in [6.45, 7) is 1.92. The fourth-order valence-corrected chi connectivity index (χ4v) is 1.60. The van der Waals surface area contributed by atoms with Gasteiger partial charge in [-0.1, -0.05) is 12.8 Å². The van der Waals surface area contributed by atoms with Gasteiger partial charge >= 0.3 is 0 Å². The number of hydrogen-bond donors (Lipinski definition) is 1. The molecule has 96 valence electrons. The normalized spacial score (nSPS) is 10.4. The molecule has 1 N–H and O–H groups in total. The minimum Gasteiger partial charge on any atom is -0.375 e. The van der Waals surface area contributed by atoms with Gasteiger partial charge in [0.05, 0.1) is 6.33 Å². The Morgan fingerprint density at radius 3 is 2.88 bits per heavy atom. The van der Waals surface area contributed by atoms with E-state index in [2.05, 4.69) is 14.9 Å². The maximum atomic E-state index is 11.0. The van der Waals surface area contributed by atoms with Crippen LogP contribution in [-0.4, -0.2) is 35.7 Å². The van der Waals surface area contributed by atoms with Crippen molar-refractivity contribution in [1.29, 1.82) is 0 Å². The van der Waals surface area contributed by atoms with E-state index in [0.29, 0.717) is 0 Å². The van der Waals surface area contributed by atoms with E-state index in [1.165, 1.54) is 13.5 Å². The van der Waals surface area contributed by atoms with Crippen LogP contribution in [0, 0.1) is 0 Å². The number of unbranched alkanes of at least 4 members (excludes halogenated alkanes) is 3. The summed E-state index contributed by atoms with van der Waals surface area (Å²) in [5.74, 6) is -0.0362. The minimum atomic E-state index is -0.0362. The molecule has 5 heteroatoms. The van der Waals surface area contributed by atoms with Crippen LogP contribution in [0.25, 0.3) is 0 Å². The number of nitrogens with one attached hydrogen (secondary N) is 1. The molecule has 0 radical (unpaired) electrons. The van der Waals surface area contributed by atoms with Crippen molar-refractivity contribution in [2.45, 2.75) is 32.2 Å². The number of hydrogen-bond acceptors (Lipinski definition) is 3. The van der Waals surface area contributed by atoms with Crippen LogP contribution in [0.2, 0.25) is 0 Å². The zero-order valence-electron chi connectivity index (χ0n) is 10.4. The van der Waals surface area contributed by atoms with Crippen LogP contribution < -0.4 is 5.32 Å². The summed E-state index contributed by atoms with van der Waals surface area (Å²) in [5.41, 5.74) is 0. The number of nitrogens with zero attached hydrogens (tertiary/aromatic N) is 2. The van der Waals surface area contributed by atoms with Gasteiger partial charge in [-0.3, -0.25) is 4.79 Å². The van der Waals surface area contributed by atoms with Crippen LogP contribution in [0.15, 0.2) is 18.7 Å². The molecule has 0 fully saturated rings. The Hall–Kier alpha value is -1.36. The molecule has 0 aliphatic rings. The topological polar surface area (TPSA) is 56.1 Å². The second-order valence-electron chi connectivity index (χ2n) is 4.00. The number of aromatic nitrogens is 2. The molecule has 0 spiro atoms. The third-order valence-corrected chi connectivity index (χ3v) is 2.50. The maximum Gasteiger partial charge on any atom is 0.245 e. The summed E-state index contributed by atoms with van der Waals surface area (Å²) < 4.78 is 6.80. The highest BCUT2D eigenvalue weighted by Gasteiger charge is 1.98. The van der Waals surface area contributed by atoms with Gasteiger partial charge in [0.1, 0.15) is 6.61 Å². The fraction of sp³-hybridized carbons (Fsp3) is 0.667. The second-order valence-corrected chi connectivity index (χ2v) is 4.00. The molecule has 17 heavy (non-hydrogen) atoms. The highest BCUT2D eigenvalue weighted by Crippen LogP contribution is 2.01. The summed E-state index contributed by atoms with van der Waals surface area (Å²) in [5, 5.41) is 2.81. The van der Waals surface area contributed by atoms with Crippen molar-refractivity contribution >= 4 is 5.91 Å². The molecular formula is C12H21N3O2. The Kier molecular flexibility index (Phi) is 7.06. The molecule has 0 atom stereocenters. The van der Waals surface area contributed by atoms with Crippen molar-refractivity contribution in [3.8, 4) is 0 Å². The van der Waals surface area contributed by atoms with Gasteiger partial charge in [-0.15, -0.1) is 0 Å². The molecule has 5 nitrogen and oxygen atoms in total. The Morgan fingerprint density at radius 2 is 2.18 bits per heavy atom. The second kappa shape index (κ2) is 8.75. The lowest BCUT2D eigenvalue weighted by Gasteiger charge is -2.04. The van der Waals surface area contributed by atoms with Gasteiger partial charge in [-0.2, -0.15) is 0 Å². The highest BCUT2D eigenvalue weighted by atomic mass is 16.5. The molecule has 1 amide bonds. The van der Waals surface area contributed by atoms with E-state index in [-0.39, 0.29) is 12.5 Å². The lowest BCUT2D eigenvalue weighted by molar-refractivity contribution is -0.124. The molecule has 0 aromatic carbocycles. The third kappa shape index (κ3) is 6.73. The summed E-state index contributed by atoms with van der Waals surface area (Å²) in [6.07, 6.45) is 10.1. The van der Waals surface area contributed by atoms with Crippen LogP contribution in [-0.2, 0) is 16.1 Å². The molecule has 1 heterocycles. The number of carbonyl (C=O) groups is 1.